The number of fused-ring (bicyclic) bond motifs is 8. The van der Waals surface area contributed by atoms with Crippen LogP contribution in [0, 0.1) is 0 Å². The van der Waals surface area contributed by atoms with Crippen molar-refractivity contribution >= 4 is 28.0 Å². The summed E-state index contributed by atoms with van der Waals surface area (Å²) in [5, 5.41) is 1.29. The molecule has 10 aromatic rings. The SMILES string of the molecule is CC1(C)c2ccccc2-c2ccc(N(c3ccccc3)c3ccc(-c4ccc(-n5c(-c6ccccc6)c6c7c(cccc75)-c5ccccc5-c5ccccc5-6)cc4)cc3)cc21. The van der Waals surface area contributed by atoms with Gasteiger partial charge in [0.1, 0.15) is 0 Å². The zero-order valence-electron chi connectivity index (χ0n) is 34.2. The second-order valence-corrected chi connectivity index (χ2v) is 16.9. The number of aromatic nitrogens is 1. The summed E-state index contributed by atoms with van der Waals surface area (Å²) in [5.41, 5.74) is 23.5. The van der Waals surface area contributed by atoms with Crippen LogP contribution in [0.15, 0.2) is 218 Å². The lowest BCUT2D eigenvalue weighted by atomic mass is 9.82. The molecule has 0 aliphatic heterocycles. The van der Waals surface area contributed by atoms with Crippen LogP contribution < -0.4 is 4.90 Å². The second-order valence-electron chi connectivity index (χ2n) is 16.9. The molecule has 1 aromatic heterocycles. The topological polar surface area (TPSA) is 8.17 Å². The molecular formula is C59H42N2. The van der Waals surface area contributed by atoms with Crippen LogP contribution in [0.3, 0.4) is 0 Å². The van der Waals surface area contributed by atoms with E-state index in [0.29, 0.717) is 0 Å². The van der Waals surface area contributed by atoms with Crippen LogP contribution in [0.1, 0.15) is 25.0 Å². The van der Waals surface area contributed by atoms with Crippen molar-refractivity contribution in [2.24, 2.45) is 0 Å². The summed E-state index contributed by atoms with van der Waals surface area (Å²) in [6.45, 7) is 4.70. The van der Waals surface area contributed by atoms with E-state index >= 15 is 0 Å². The molecule has 0 amide bonds. The Morgan fingerprint density at radius 2 is 0.869 bits per heavy atom. The first-order valence-electron chi connectivity index (χ1n) is 21.3. The van der Waals surface area contributed by atoms with Gasteiger partial charge in [-0.15, -0.1) is 0 Å². The van der Waals surface area contributed by atoms with Gasteiger partial charge in [0.15, 0.2) is 0 Å². The maximum absolute atomic E-state index is 2.48. The molecule has 0 fully saturated rings. The number of hydrogen-bond acceptors (Lipinski definition) is 1. The van der Waals surface area contributed by atoms with E-state index in [1.165, 1.54) is 88.9 Å². The molecule has 0 bridgehead atoms. The lowest BCUT2D eigenvalue weighted by Gasteiger charge is -2.28. The summed E-state index contributed by atoms with van der Waals surface area (Å²) >= 11 is 0. The monoisotopic (exact) mass is 778 g/mol. The molecule has 61 heavy (non-hydrogen) atoms. The van der Waals surface area contributed by atoms with Crippen molar-refractivity contribution in [2.75, 3.05) is 4.90 Å². The van der Waals surface area contributed by atoms with Gasteiger partial charge in [0, 0.05) is 39.1 Å². The fourth-order valence-corrected chi connectivity index (χ4v) is 10.3. The van der Waals surface area contributed by atoms with Crippen molar-refractivity contribution in [1.82, 2.24) is 4.57 Å². The largest absolute Gasteiger partial charge is 0.310 e. The predicted molar refractivity (Wildman–Crippen MR) is 256 cm³/mol. The standard InChI is InChI=1S/C59H42N2/c1-59(2)53-26-14-13-23-49(53)50-37-36-45(38-54(50)59)60(42-18-7-4-8-19-42)43-32-28-39(29-33-43)40-30-34-44(35-31-40)61-55-27-15-25-51-47-21-10-9-20-46(47)48-22-11-12-24-52(48)57(56(51)55)58(61)41-16-5-3-6-17-41/h3-38H,1-2H3. The van der Waals surface area contributed by atoms with Crippen molar-refractivity contribution in [2.45, 2.75) is 19.3 Å². The smallest absolute Gasteiger partial charge is 0.0619 e. The lowest BCUT2D eigenvalue weighted by molar-refractivity contribution is 0.660. The van der Waals surface area contributed by atoms with E-state index in [1.54, 1.807) is 0 Å². The van der Waals surface area contributed by atoms with E-state index in [1.807, 2.05) is 0 Å². The summed E-state index contributed by atoms with van der Waals surface area (Å²) in [7, 11) is 0. The Morgan fingerprint density at radius 1 is 0.361 bits per heavy atom. The Kier molecular flexibility index (Phi) is 7.92. The first-order chi connectivity index (χ1) is 30.0. The van der Waals surface area contributed by atoms with E-state index in [-0.39, 0.29) is 5.41 Å². The molecule has 0 atom stereocenters. The molecular weight excluding hydrogens is 737 g/mol. The summed E-state index contributed by atoms with van der Waals surface area (Å²) in [6.07, 6.45) is 0. The van der Waals surface area contributed by atoms with Crippen LogP contribution in [0.5, 0.6) is 0 Å². The van der Waals surface area contributed by atoms with E-state index in [9.17, 15) is 0 Å². The van der Waals surface area contributed by atoms with Crippen LogP contribution in [0.25, 0.3) is 83.5 Å². The van der Waals surface area contributed by atoms with E-state index in [0.717, 1.165) is 22.7 Å². The Hall–Kier alpha value is -7.68. The minimum absolute atomic E-state index is 0.0790. The summed E-state index contributed by atoms with van der Waals surface area (Å²) in [5.74, 6) is 0. The average Bonchev–Trinajstić information content (AvgIpc) is 3.74. The highest BCUT2D eigenvalue weighted by atomic mass is 15.1. The number of hydrogen-bond donors (Lipinski definition) is 0. The van der Waals surface area contributed by atoms with Crippen molar-refractivity contribution in [3.05, 3.63) is 230 Å². The van der Waals surface area contributed by atoms with Gasteiger partial charge in [0.25, 0.3) is 0 Å². The molecule has 0 spiro atoms. The van der Waals surface area contributed by atoms with Gasteiger partial charge in [-0.3, -0.25) is 0 Å². The molecule has 2 aliphatic carbocycles. The Morgan fingerprint density at radius 3 is 1.57 bits per heavy atom. The lowest BCUT2D eigenvalue weighted by Crippen LogP contribution is -2.16. The summed E-state index contributed by atoms with van der Waals surface area (Å²) in [4.78, 5) is 2.38. The molecule has 0 radical (unpaired) electrons. The summed E-state index contributed by atoms with van der Waals surface area (Å²) in [6, 6.07) is 80.3. The Balaban J connectivity index is 0.957. The van der Waals surface area contributed by atoms with Crippen LogP contribution in [-0.2, 0) is 5.41 Å². The van der Waals surface area contributed by atoms with Crippen molar-refractivity contribution in [1.29, 1.82) is 0 Å². The molecule has 2 nitrogen and oxygen atoms in total. The minimum Gasteiger partial charge on any atom is -0.310 e. The van der Waals surface area contributed by atoms with Crippen molar-refractivity contribution in [3.8, 4) is 72.6 Å². The highest BCUT2D eigenvalue weighted by Gasteiger charge is 2.36. The van der Waals surface area contributed by atoms with Crippen LogP contribution in [0.2, 0.25) is 0 Å². The molecule has 1 heterocycles. The van der Waals surface area contributed by atoms with Crippen LogP contribution in [0.4, 0.5) is 17.1 Å². The highest BCUT2D eigenvalue weighted by molar-refractivity contribution is 6.18. The van der Waals surface area contributed by atoms with Crippen LogP contribution in [-0.4, -0.2) is 4.57 Å². The molecule has 0 unspecified atom stereocenters. The quantitative estimate of drug-likeness (QED) is 0.163. The third-order valence-electron chi connectivity index (χ3n) is 13.2. The van der Waals surface area contributed by atoms with Gasteiger partial charge in [0.2, 0.25) is 0 Å². The number of rotatable bonds is 6. The summed E-state index contributed by atoms with van der Waals surface area (Å²) < 4.78 is 2.48. The van der Waals surface area contributed by atoms with Gasteiger partial charge in [0.05, 0.1) is 11.2 Å². The third kappa shape index (κ3) is 5.42. The average molecular weight is 779 g/mol. The van der Waals surface area contributed by atoms with Gasteiger partial charge < -0.3 is 9.47 Å². The Labute approximate surface area is 357 Å². The normalized spacial score (nSPS) is 12.9. The minimum atomic E-state index is -0.0790. The first-order valence-corrected chi connectivity index (χ1v) is 21.3. The van der Waals surface area contributed by atoms with Gasteiger partial charge >= 0.3 is 0 Å². The fourth-order valence-electron chi connectivity index (χ4n) is 10.3. The number of benzene rings is 9. The van der Waals surface area contributed by atoms with Crippen molar-refractivity contribution in [3.63, 3.8) is 0 Å². The van der Waals surface area contributed by atoms with E-state index < -0.39 is 0 Å². The van der Waals surface area contributed by atoms with Crippen LogP contribution >= 0.6 is 0 Å². The molecule has 0 N–H and O–H groups in total. The fraction of sp³-hybridized carbons (Fsp3) is 0.0508. The maximum Gasteiger partial charge on any atom is 0.0619 e. The predicted octanol–water partition coefficient (Wildman–Crippen LogP) is 16.1. The first kappa shape index (κ1) is 35.3. The molecule has 0 saturated carbocycles. The molecule has 2 heteroatoms. The molecule has 12 rings (SSSR count). The zero-order valence-corrected chi connectivity index (χ0v) is 34.2. The van der Waals surface area contributed by atoms with Gasteiger partial charge in [-0.05, 0) is 121 Å². The van der Waals surface area contributed by atoms with E-state index in [4.69, 9.17) is 0 Å². The second kappa shape index (κ2) is 13.7. The van der Waals surface area contributed by atoms with Gasteiger partial charge in [-0.1, -0.05) is 178 Å². The third-order valence-corrected chi connectivity index (χ3v) is 13.2. The zero-order chi connectivity index (χ0) is 40.7. The Bertz CT molecular complexity index is 3300. The van der Waals surface area contributed by atoms with E-state index in [2.05, 4.69) is 242 Å². The van der Waals surface area contributed by atoms with Gasteiger partial charge in [-0.25, -0.2) is 0 Å². The molecule has 2 aliphatic rings. The molecule has 288 valence electrons. The molecule has 0 saturated heterocycles. The number of nitrogens with zero attached hydrogens (tertiary/aromatic N) is 2. The maximum atomic E-state index is 2.48. The molecule has 9 aromatic carbocycles. The van der Waals surface area contributed by atoms with Gasteiger partial charge in [-0.2, -0.15) is 0 Å². The number of para-hydroxylation sites is 1. The number of anilines is 3. The van der Waals surface area contributed by atoms with Crippen molar-refractivity contribution < 1.29 is 0 Å². The highest BCUT2D eigenvalue weighted by Crippen LogP contribution is 2.54.